The summed E-state index contributed by atoms with van der Waals surface area (Å²) in [5.41, 5.74) is 3.00. The van der Waals surface area contributed by atoms with Gasteiger partial charge in [0.25, 0.3) is 0 Å². The Balaban J connectivity index is 0.00000144. The van der Waals surface area contributed by atoms with E-state index in [1.54, 1.807) is 0 Å². The minimum absolute atomic E-state index is 0. The van der Waals surface area contributed by atoms with E-state index in [9.17, 15) is 0 Å². The number of benzene rings is 2. The van der Waals surface area contributed by atoms with Crippen LogP contribution in [0.25, 0.3) is 0 Å². The van der Waals surface area contributed by atoms with Crippen LogP contribution in [-0.4, -0.2) is 26.3 Å². The summed E-state index contributed by atoms with van der Waals surface area (Å²) >= 11 is 1.59. The van der Waals surface area contributed by atoms with E-state index >= 15 is 0 Å². The molecule has 2 aromatic carbocycles. The first-order valence-electron chi connectivity index (χ1n) is 5.27. The molecule has 0 aliphatic rings. The first-order valence-corrected chi connectivity index (χ1v) is 12.0. The van der Waals surface area contributed by atoms with Crippen molar-refractivity contribution in [1.29, 1.82) is 0 Å². The molecule has 0 aliphatic heterocycles. The fourth-order valence-corrected chi connectivity index (χ4v) is 7.88. The van der Waals surface area contributed by atoms with Crippen LogP contribution in [0, 0.1) is 0 Å². The molecule has 0 aliphatic carbocycles. The molecular formula is C14H15FSe2. The van der Waals surface area contributed by atoms with Crippen molar-refractivity contribution in [2.45, 2.75) is 10.6 Å². The average Bonchev–Trinajstić information content (AvgIpc) is 2.37. The van der Waals surface area contributed by atoms with Crippen molar-refractivity contribution in [2.75, 3.05) is 0 Å². The van der Waals surface area contributed by atoms with Crippen molar-refractivity contribution in [3.8, 4) is 0 Å². The van der Waals surface area contributed by atoms with Gasteiger partial charge in [0.15, 0.2) is 0 Å². The Labute approximate surface area is 113 Å². The Morgan fingerprint density at radius 1 is 0.588 bits per heavy atom. The normalized spacial score (nSPS) is 9.65. The van der Waals surface area contributed by atoms with Gasteiger partial charge < -0.3 is 0 Å². The summed E-state index contributed by atoms with van der Waals surface area (Å²) in [6.07, 6.45) is 0. The minimum atomic E-state index is 0. The molecule has 0 saturated heterocycles. The SMILES string of the molecule is F.c1ccc(C[Se][Se]Cc2ccccc2)cc1. The van der Waals surface area contributed by atoms with E-state index in [2.05, 4.69) is 60.7 Å². The van der Waals surface area contributed by atoms with Crippen LogP contribution in [0.15, 0.2) is 60.7 Å². The molecule has 0 spiro atoms. The molecule has 0 fully saturated rings. The van der Waals surface area contributed by atoms with Gasteiger partial charge in [-0.15, -0.1) is 0 Å². The molecule has 2 rings (SSSR count). The molecule has 0 bridgehead atoms. The van der Waals surface area contributed by atoms with Gasteiger partial charge in [0, 0.05) is 0 Å². The summed E-state index contributed by atoms with van der Waals surface area (Å²) in [4.78, 5) is 0. The number of halogens is 1. The summed E-state index contributed by atoms with van der Waals surface area (Å²) in [5.74, 6) is 0. The molecule has 0 amide bonds. The molecule has 0 saturated carbocycles. The van der Waals surface area contributed by atoms with Gasteiger partial charge in [-0.25, -0.2) is 0 Å². The van der Waals surface area contributed by atoms with Crippen LogP contribution in [0.2, 0.25) is 0 Å². The van der Waals surface area contributed by atoms with Crippen LogP contribution in [0.5, 0.6) is 0 Å². The molecule has 0 heterocycles. The molecule has 0 nitrogen and oxygen atoms in total. The van der Waals surface area contributed by atoms with Crippen LogP contribution < -0.4 is 0 Å². The van der Waals surface area contributed by atoms with Gasteiger partial charge in [-0.2, -0.15) is 0 Å². The van der Waals surface area contributed by atoms with E-state index in [0.717, 1.165) is 26.3 Å². The molecule has 3 heteroatoms. The van der Waals surface area contributed by atoms with Gasteiger partial charge in [-0.3, -0.25) is 4.70 Å². The van der Waals surface area contributed by atoms with E-state index in [0.29, 0.717) is 0 Å². The predicted molar refractivity (Wildman–Crippen MR) is 74.3 cm³/mol. The molecule has 0 radical (unpaired) electrons. The van der Waals surface area contributed by atoms with Crippen LogP contribution in [0.4, 0.5) is 4.70 Å². The van der Waals surface area contributed by atoms with Gasteiger partial charge in [0.2, 0.25) is 0 Å². The third-order valence-corrected chi connectivity index (χ3v) is 8.85. The zero-order valence-corrected chi connectivity index (χ0v) is 12.8. The molecule has 0 atom stereocenters. The van der Waals surface area contributed by atoms with E-state index in [4.69, 9.17) is 0 Å². The van der Waals surface area contributed by atoms with Gasteiger partial charge in [0.05, 0.1) is 0 Å². The van der Waals surface area contributed by atoms with Crippen molar-refractivity contribution in [3.63, 3.8) is 0 Å². The topological polar surface area (TPSA) is 0 Å². The Morgan fingerprint density at radius 2 is 0.941 bits per heavy atom. The Kier molecular flexibility index (Phi) is 7.23. The summed E-state index contributed by atoms with van der Waals surface area (Å²) in [5, 5.41) is 2.58. The van der Waals surface area contributed by atoms with Gasteiger partial charge in [-0.1, -0.05) is 0 Å². The summed E-state index contributed by atoms with van der Waals surface area (Å²) in [6.45, 7) is 0. The Bertz CT molecular complexity index is 362. The molecule has 90 valence electrons. The third kappa shape index (κ3) is 5.52. The zero-order chi connectivity index (χ0) is 11.1. The van der Waals surface area contributed by atoms with Gasteiger partial charge in [0.1, 0.15) is 0 Å². The number of hydrogen-bond acceptors (Lipinski definition) is 0. The standard InChI is InChI=1S/C14H14Se2.FH/c1-3-7-13(8-4-1)11-15-16-12-14-9-5-2-6-10-14;/h1-10H,11-12H2;1H. The van der Waals surface area contributed by atoms with E-state index in [1.807, 2.05) is 0 Å². The summed E-state index contributed by atoms with van der Waals surface area (Å²) in [6, 6.07) is 21.7. The monoisotopic (exact) mass is 362 g/mol. The number of hydrogen-bond donors (Lipinski definition) is 0. The Morgan fingerprint density at radius 3 is 1.29 bits per heavy atom. The van der Waals surface area contributed by atoms with Crippen molar-refractivity contribution >= 4 is 26.3 Å². The van der Waals surface area contributed by atoms with Crippen LogP contribution in [0.1, 0.15) is 11.1 Å². The molecule has 17 heavy (non-hydrogen) atoms. The van der Waals surface area contributed by atoms with Crippen LogP contribution in [0.3, 0.4) is 0 Å². The second kappa shape index (κ2) is 8.49. The fourth-order valence-electron chi connectivity index (χ4n) is 1.37. The molecule has 0 aromatic heterocycles. The quantitative estimate of drug-likeness (QED) is 0.568. The molecule has 2 aromatic rings. The number of rotatable bonds is 5. The second-order valence-corrected chi connectivity index (χ2v) is 10.8. The van der Waals surface area contributed by atoms with Crippen molar-refractivity contribution in [2.24, 2.45) is 0 Å². The van der Waals surface area contributed by atoms with Crippen LogP contribution in [-0.2, 0) is 10.6 Å². The molecular weight excluding hydrogens is 345 g/mol. The summed E-state index contributed by atoms with van der Waals surface area (Å²) in [7, 11) is 0. The van der Waals surface area contributed by atoms with E-state index in [1.165, 1.54) is 21.8 Å². The van der Waals surface area contributed by atoms with Crippen molar-refractivity contribution in [3.05, 3.63) is 71.8 Å². The first kappa shape index (κ1) is 14.5. The average molecular weight is 360 g/mol. The maximum atomic E-state index is 2.24. The van der Waals surface area contributed by atoms with E-state index < -0.39 is 0 Å². The zero-order valence-electron chi connectivity index (χ0n) is 9.41. The fraction of sp³-hybridized carbons (Fsp3) is 0.143. The second-order valence-electron chi connectivity index (χ2n) is 3.50. The van der Waals surface area contributed by atoms with Gasteiger partial charge in [-0.05, 0) is 0 Å². The third-order valence-electron chi connectivity index (χ3n) is 2.22. The Hall–Kier alpha value is -0.591. The predicted octanol–water partition coefficient (Wildman–Crippen LogP) is 2.86. The summed E-state index contributed by atoms with van der Waals surface area (Å²) < 4.78 is 0. The van der Waals surface area contributed by atoms with Crippen LogP contribution >= 0.6 is 0 Å². The van der Waals surface area contributed by atoms with Gasteiger partial charge >= 0.3 is 109 Å². The first-order chi connectivity index (χ1) is 7.95. The molecule has 0 N–H and O–H groups in total. The van der Waals surface area contributed by atoms with Crippen molar-refractivity contribution in [1.82, 2.24) is 0 Å². The van der Waals surface area contributed by atoms with Crippen molar-refractivity contribution < 1.29 is 4.70 Å². The van der Waals surface area contributed by atoms with E-state index in [-0.39, 0.29) is 4.70 Å². The maximum absolute atomic E-state index is 2.24. The molecule has 0 unspecified atom stereocenters.